The number of amides is 6. The van der Waals surface area contributed by atoms with E-state index in [1.165, 1.54) is 20.8 Å². The molecule has 15 N–H and O–H groups in total. The highest BCUT2D eigenvalue weighted by atomic mass is 16.7. The van der Waals surface area contributed by atoms with Crippen molar-refractivity contribution in [1.82, 2.24) is 31.9 Å². The Morgan fingerprint density at radius 2 is 0.640 bits per heavy atom. The molecule has 30 heteroatoms. The van der Waals surface area contributed by atoms with Crippen molar-refractivity contribution < 1.29 is 117 Å². The first-order valence-corrected chi connectivity index (χ1v) is 30.2. The van der Waals surface area contributed by atoms with Crippen molar-refractivity contribution in [3.8, 4) is 0 Å². The molecule has 3 aliphatic heterocycles. The molecule has 3 heterocycles. The standard InChI is InChI=1S/C56H102N6O24/c1-35(66)60-44-50(75)47(72)38(29-63)84-53(44)81-23-14-8-5-11-20-57-41(69)17-26-78-32-56(4,33-79-27-18-42(70)58-21-12-6-9-15-24-82-54-45(61-36(2)67)51(76)48(73)39(30-64)85-54)34-80-28-19-43(71)59-22-13-7-10-16-25-83-55-46(62-37(3)68)52(77)49(74)40(31-65)86-55/h38-40,44-55,63-65,72-77H,5-34H2,1-4H3,(H,57,69)(H,58,70)(H,59,71)(H,60,66)(H,61,67)(H,62,68)/t38?,39?,40?,44?,45?,46?,47-,48-,49-,50+,51+,52+,53+,54+,55+,56?/m0/s1. The molecule has 6 unspecified atom stereocenters. The Morgan fingerprint density at radius 1 is 0.384 bits per heavy atom. The minimum absolute atomic E-state index is 0.0938. The van der Waals surface area contributed by atoms with Gasteiger partial charge in [0.05, 0.1) is 59.5 Å². The van der Waals surface area contributed by atoms with Crippen LogP contribution in [0.5, 0.6) is 0 Å². The first-order valence-electron chi connectivity index (χ1n) is 30.2. The second-order valence-corrected chi connectivity index (χ2v) is 22.4. The fraction of sp³-hybridized carbons (Fsp3) is 0.893. The molecular formula is C56H102N6O24. The van der Waals surface area contributed by atoms with E-state index in [2.05, 4.69) is 31.9 Å². The van der Waals surface area contributed by atoms with Crippen molar-refractivity contribution in [3.05, 3.63) is 0 Å². The second kappa shape index (κ2) is 42.9. The number of aliphatic hydroxyl groups excluding tert-OH is 9. The topological polar surface area (TPSA) is 440 Å². The highest BCUT2D eigenvalue weighted by Gasteiger charge is 2.48. The number of unbranched alkanes of at least 4 members (excludes halogenated alkanes) is 9. The molecule has 86 heavy (non-hydrogen) atoms. The van der Waals surface area contributed by atoms with E-state index in [0.717, 1.165) is 38.5 Å². The van der Waals surface area contributed by atoms with Gasteiger partial charge >= 0.3 is 0 Å². The Balaban J connectivity index is 1.35. The van der Waals surface area contributed by atoms with Crippen LogP contribution in [0, 0.1) is 5.41 Å². The van der Waals surface area contributed by atoms with Gasteiger partial charge in [0.15, 0.2) is 18.9 Å². The van der Waals surface area contributed by atoms with E-state index < -0.39 is 135 Å². The molecule has 3 saturated heterocycles. The Kier molecular flexibility index (Phi) is 38.1. The Hall–Kier alpha value is -3.90. The van der Waals surface area contributed by atoms with E-state index in [9.17, 15) is 74.7 Å². The third-order valence-corrected chi connectivity index (χ3v) is 14.6. The zero-order valence-corrected chi connectivity index (χ0v) is 50.5. The minimum atomic E-state index is -1.40. The largest absolute Gasteiger partial charge is 0.394 e. The Morgan fingerprint density at radius 3 is 0.884 bits per heavy atom. The van der Waals surface area contributed by atoms with Gasteiger partial charge in [0.2, 0.25) is 35.4 Å². The molecule has 30 nitrogen and oxygen atoms in total. The van der Waals surface area contributed by atoms with Crippen molar-refractivity contribution in [1.29, 1.82) is 0 Å². The summed E-state index contributed by atoms with van der Waals surface area (Å²) in [5.41, 5.74) is -0.721. The molecular weight excluding hydrogens is 1140 g/mol. The fourth-order valence-corrected chi connectivity index (χ4v) is 9.70. The zero-order valence-electron chi connectivity index (χ0n) is 50.5. The molecule has 0 bridgehead atoms. The van der Waals surface area contributed by atoms with Crippen molar-refractivity contribution in [2.75, 3.05) is 98.9 Å². The lowest BCUT2D eigenvalue weighted by molar-refractivity contribution is -0.270. The highest BCUT2D eigenvalue weighted by Crippen LogP contribution is 2.26. The summed E-state index contributed by atoms with van der Waals surface area (Å²) in [5.74, 6) is -1.93. The lowest BCUT2D eigenvalue weighted by Crippen LogP contribution is -2.64. The molecule has 3 rings (SSSR count). The predicted octanol–water partition coefficient (Wildman–Crippen LogP) is -3.88. The van der Waals surface area contributed by atoms with E-state index in [1.807, 2.05) is 6.92 Å². The van der Waals surface area contributed by atoms with Gasteiger partial charge in [0.25, 0.3) is 0 Å². The maximum atomic E-state index is 12.7. The first-order chi connectivity index (χ1) is 41.1. The number of carbonyl (C=O) groups excluding carboxylic acids is 6. The fourth-order valence-electron chi connectivity index (χ4n) is 9.70. The molecule has 500 valence electrons. The first kappa shape index (κ1) is 76.3. The van der Waals surface area contributed by atoms with Crippen LogP contribution in [0.4, 0.5) is 0 Å². The van der Waals surface area contributed by atoms with Crippen LogP contribution in [0.1, 0.15) is 124 Å². The maximum Gasteiger partial charge on any atom is 0.222 e. The van der Waals surface area contributed by atoms with Crippen LogP contribution >= 0.6 is 0 Å². The summed E-state index contributed by atoms with van der Waals surface area (Å²) in [5, 5.41) is 107. The smallest absolute Gasteiger partial charge is 0.222 e. The van der Waals surface area contributed by atoms with Gasteiger partial charge in [-0.1, -0.05) is 45.4 Å². The lowest BCUT2D eigenvalue weighted by atomic mass is 9.94. The van der Waals surface area contributed by atoms with Crippen LogP contribution in [0.2, 0.25) is 0 Å². The van der Waals surface area contributed by atoms with E-state index >= 15 is 0 Å². The van der Waals surface area contributed by atoms with Gasteiger partial charge in [-0.2, -0.15) is 0 Å². The number of ether oxygens (including phenoxy) is 9. The van der Waals surface area contributed by atoms with E-state index in [1.54, 1.807) is 0 Å². The number of carbonyl (C=O) groups is 6. The summed E-state index contributed by atoms with van der Waals surface area (Å²) in [7, 11) is 0. The minimum Gasteiger partial charge on any atom is -0.394 e. The zero-order chi connectivity index (χ0) is 63.4. The number of rotatable bonds is 45. The molecule has 0 spiro atoms. The van der Waals surface area contributed by atoms with Crippen molar-refractivity contribution in [2.24, 2.45) is 5.41 Å². The third-order valence-electron chi connectivity index (χ3n) is 14.6. The third kappa shape index (κ3) is 29.2. The van der Waals surface area contributed by atoms with Crippen molar-refractivity contribution in [3.63, 3.8) is 0 Å². The SMILES string of the molecule is CC(=O)NC1[C@H](OCCCCCCNC(=O)CCOCC(C)(COCCC(=O)NCCCCCCO[C@@H]2OC(CO)[C@H](O)[C@H](O)C2NC(C)=O)COCCC(=O)NCCCCCCO[C@@H]2OC(CO)[C@H](O)[C@H](O)C2NC(C)=O)OC(CO)[C@H](O)[C@@H]1O. The highest BCUT2D eigenvalue weighted by molar-refractivity contribution is 5.77. The normalized spacial score (nSPS) is 28.2. The number of hydrogen-bond donors (Lipinski definition) is 15. The van der Waals surface area contributed by atoms with Crippen LogP contribution < -0.4 is 31.9 Å². The van der Waals surface area contributed by atoms with Crippen LogP contribution in [-0.4, -0.2) is 272 Å². The monoisotopic (exact) mass is 1240 g/mol. The molecule has 0 radical (unpaired) electrons. The average molecular weight is 1240 g/mol. The summed E-state index contributed by atoms with van der Waals surface area (Å²) in [6, 6.07) is -3.05. The van der Waals surface area contributed by atoms with Gasteiger partial charge < -0.3 is 120 Å². The summed E-state index contributed by atoms with van der Waals surface area (Å²) in [6.07, 6.45) is -6.03. The average Bonchev–Trinajstić information content (AvgIpc) is 1.60. The van der Waals surface area contributed by atoms with Crippen LogP contribution in [0.25, 0.3) is 0 Å². The van der Waals surface area contributed by atoms with Crippen LogP contribution in [0.15, 0.2) is 0 Å². The van der Waals surface area contributed by atoms with Crippen molar-refractivity contribution in [2.45, 2.75) is 216 Å². The molecule has 15 atom stereocenters. The molecule has 0 aromatic carbocycles. The summed E-state index contributed by atoms with van der Waals surface area (Å²) >= 11 is 0. The molecule has 0 aromatic heterocycles. The van der Waals surface area contributed by atoms with Gasteiger partial charge in [-0.05, 0) is 38.5 Å². The lowest BCUT2D eigenvalue weighted by Gasteiger charge is -2.42. The number of nitrogens with one attached hydrogen (secondary N) is 6. The number of hydrogen-bond acceptors (Lipinski definition) is 24. The second-order valence-electron chi connectivity index (χ2n) is 22.4. The van der Waals surface area contributed by atoms with Gasteiger partial charge in [-0.15, -0.1) is 0 Å². The molecule has 0 saturated carbocycles. The predicted molar refractivity (Wildman–Crippen MR) is 303 cm³/mol. The summed E-state index contributed by atoms with van der Waals surface area (Å²) < 4.78 is 51.9. The molecule has 0 aliphatic carbocycles. The molecule has 0 aromatic rings. The van der Waals surface area contributed by atoms with Crippen molar-refractivity contribution >= 4 is 35.4 Å². The van der Waals surface area contributed by atoms with Gasteiger partial charge in [0, 0.05) is 84.9 Å². The Bertz CT molecular complexity index is 1730. The molecule has 6 amide bonds. The summed E-state index contributed by atoms with van der Waals surface area (Å²) in [4.78, 5) is 73.1. The quantitative estimate of drug-likeness (QED) is 0.0259. The van der Waals surface area contributed by atoms with Crippen LogP contribution in [0.3, 0.4) is 0 Å². The molecule has 3 aliphatic rings. The summed E-state index contributed by atoms with van der Waals surface area (Å²) in [6.45, 7) is 6.80. The van der Waals surface area contributed by atoms with E-state index in [0.29, 0.717) is 58.2 Å². The van der Waals surface area contributed by atoms with Crippen LogP contribution in [-0.2, 0) is 71.4 Å². The Labute approximate surface area is 503 Å². The van der Waals surface area contributed by atoms with Gasteiger partial charge in [-0.25, -0.2) is 0 Å². The van der Waals surface area contributed by atoms with Gasteiger partial charge in [0.1, 0.15) is 73.1 Å². The van der Waals surface area contributed by atoms with E-state index in [-0.39, 0.29) is 96.4 Å². The van der Waals surface area contributed by atoms with E-state index in [4.69, 9.17) is 42.6 Å². The maximum absolute atomic E-state index is 12.7. The molecule has 3 fully saturated rings. The number of aliphatic hydroxyl groups is 9. The van der Waals surface area contributed by atoms with Gasteiger partial charge in [-0.3, -0.25) is 28.8 Å².